The van der Waals surface area contributed by atoms with Crippen LogP contribution in [0.1, 0.15) is 0 Å². The van der Waals surface area contributed by atoms with E-state index in [0.717, 1.165) is 0 Å². The van der Waals surface area contributed by atoms with Gasteiger partial charge in [0.15, 0.2) is 0 Å². The van der Waals surface area contributed by atoms with Crippen LogP contribution in [0.3, 0.4) is 0 Å². The second kappa shape index (κ2) is 3.50. The fourth-order valence-electron chi connectivity index (χ4n) is 1.46. The molecule has 0 bridgehead atoms. The number of non-ortho nitro benzene ring substituents is 1. The van der Waals surface area contributed by atoms with Crippen molar-refractivity contribution in [3.63, 3.8) is 0 Å². The van der Waals surface area contributed by atoms with E-state index in [1.54, 1.807) is 18.2 Å². The van der Waals surface area contributed by atoms with Crippen LogP contribution in [0.15, 0.2) is 30.5 Å². The number of nitrogens with one attached hydrogen (secondary N) is 1. The van der Waals surface area contributed by atoms with Gasteiger partial charge < -0.3 is 5.43 Å². The third kappa shape index (κ3) is 1.46. The van der Waals surface area contributed by atoms with Crippen LogP contribution in [0, 0.1) is 10.1 Å². The number of fused-ring (bicyclic) bond motifs is 1. The molecule has 0 aliphatic carbocycles. The molecule has 2 rings (SSSR count). The quantitative estimate of drug-likeness (QED) is 0.438. The number of anilines is 1. The number of hydrogen-bond donors (Lipinski definition) is 2. The Balaban J connectivity index is 2.82. The molecule has 0 fully saturated rings. The number of nitrogens with zero attached hydrogens (tertiary/aromatic N) is 2. The predicted octanol–water partition coefficient (Wildman–Crippen LogP) is 1.43. The molecule has 0 radical (unpaired) electrons. The van der Waals surface area contributed by atoms with Gasteiger partial charge in [-0.3, -0.25) is 10.1 Å². The number of hydrazine groups is 1. The molecule has 6 heteroatoms. The zero-order valence-corrected chi connectivity index (χ0v) is 7.68. The number of pyridine rings is 1. The molecule has 0 spiro atoms. The Hall–Kier alpha value is -2.21. The summed E-state index contributed by atoms with van der Waals surface area (Å²) < 4.78 is 0. The zero-order valence-electron chi connectivity index (χ0n) is 7.68. The molecule has 1 heterocycles. The number of hydrogen-bond acceptors (Lipinski definition) is 5. The first-order chi connectivity index (χ1) is 7.24. The molecular formula is C9H8N4O2. The van der Waals surface area contributed by atoms with Crippen LogP contribution in [-0.4, -0.2) is 9.91 Å². The molecule has 0 amide bonds. The summed E-state index contributed by atoms with van der Waals surface area (Å²) >= 11 is 0. The summed E-state index contributed by atoms with van der Waals surface area (Å²) in [6.07, 6.45) is 1.48. The molecule has 6 nitrogen and oxygen atoms in total. The van der Waals surface area contributed by atoms with E-state index in [1.165, 1.54) is 12.3 Å². The molecule has 1 aromatic heterocycles. The average Bonchev–Trinajstić information content (AvgIpc) is 2.27. The Morgan fingerprint density at radius 1 is 1.33 bits per heavy atom. The molecule has 1 aromatic carbocycles. The van der Waals surface area contributed by atoms with Crippen molar-refractivity contribution in [3.05, 3.63) is 40.6 Å². The van der Waals surface area contributed by atoms with Gasteiger partial charge in [-0.1, -0.05) is 12.1 Å². The van der Waals surface area contributed by atoms with Crippen LogP contribution in [-0.2, 0) is 0 Å². The summed E-state index contributed by atoms with van der Waals surface area (Å²) in [5.41, 5.74) is 2.45. The summed E-state index contributed by atoms with van der Waals surface area (Å²) in [5, 5.41) is 11.9. The highest BCUT2D eigenvalue weighted by molar-refractivity contribution is 5.97. The Bertz CT molecular complexity index is 527. The van der Waals surface area contributed by atoms with Crippen LogP contribution < -0.4 is 11.3 Å². The van der Waals surface area contributed by atoms with Crippen LogP contribution in [0.2, 0.25) is 0 Å². The Kier molecular flexibility index (Phi) is 2.18. The number of nitro groups is 1. The third-order valence-electron chi connectivity index (χ3n) is 2.12. The molecule has 15 heavy (non-hydrogen) atoms. The van der Waals surface area contributed by atoms with Crippen LogP contribution in [0.5, 0.6) is 0 Å². The Labute approximate surface area is 84.8 Å². The number of aromatic nitrogens is 1. The Morgan fingerprint density at radius 2 is 2.13 bits per heavy atom. The fourth-order valence-corrected chi connectivity index (χ4v) is 1.46. The van der Waals surface area contributed by atoms with Crippen molar-refractivity contribution in [3.8, 4) is 0 Å². The predicted molar refractivity (Wildman–Crippen MR) is 56.2 cm³/mol. The van der Waals surface area contributed by atoms with Crippen molar-refractivity contribution in [2.24, 2.45) is 5.84 Å². The summed E-state index contributed by atoms with van der Waals surface area (Å²) in [4.78, 5) is 14.3. The minimum atomic E-state index is -0.428. The van der Waals surface area contributed by atoms with Gasteiger partial charge in [0.05, 0.1) is 10.3 Å². The first-order valence-electron chi connectivity index (χ1n) is 4.23. The normalized spacial score (nSPS) is 10.2. The maximum atomic E-state index is 10.7. The number of nitrogen functional groups attached to an aromatic ring is 1. The van der Waals surface area contributed by atoms with E-state index < -0.39 is 4.92 Å². The van der Waals surface area contributed by atoms with Crippen LogP contribution in [0.4, 0.5) is 11.5 Å². The van der Waals surface area contributed by atoms with Gasteiger partial charge >= 0.3 is 0 Å². The summed E-state index contributed by atoms with van der Waals surface area (Å²) in [6, 6.07) is 6.37. The van der Waals surface area contributed by atoms with E-state index in [4.69, 9.17) is 5.84 Å². The third-order valence-corrected chi connectivity index (χ3v) is 2.12. The molecule has 0 aliphatic rings. The van der Waals surface area contributed by atoms with Gasteiger partial charge in [-0.15, -0.1) is 0 Å². The van der Waals surface area contributed by atoms with Crippen LogP contribution in [0.25, 0.3) is 10.8 Å². The van der Waals surface area contributed by atoms with E-state index in [9.17, 15) is 10.1 Å². The van der Waals surface area contributed by atoms with Gasteiger partial charge in [0.1, 0.15) is 5.82 Å². The molecular weight excluding hydrogens is 196 g/mol. The lowest BCUT2D eigenvalue weighted by Gasteiger charge is -2.03. The minimum Gasteiger partial charge on any atom is -0.308 e. The number of benzene rings is 1. The maximum absolute atomic E-state index is 10.7. The first kappa shape index (κ1) is 9.35. The molecule has 0 saturated heterocycles. The number of nitrogens with two attached hydrogens (primary N) is 1. The van der Waals surface area contributed by atoms with E-state index in [-0.39, 0.29) is 5.69 Å². The fraction of sp³-hybridized carbons (Fsp3) is 0. The lowest BCUT2D eigenvalue weighted by atomic mass is 10.1. The summed E-state index contributed by atoms with van der Waals surface area (Å²) in [7, 11) is 0. The van der Waals surface area contributed by atoms with Crippen molar-refractivity contribution in [2.45, 2.75) is 0 Å². The van der Waals surface area contributed by atoms with Crippen molar-refractivity contribution in [2.75, 3.05) is 5.43 Å². The van der Waals surface area contributed by atoms with Crippen molar-refractivity contribution < 1.29 is 4.92 Å². The number of rotatable bonds is 2. The highest BCUT2D eigenvalue weighted by Gasteiger charge is 2.12. The molecule has 0 atom stereocenters. The van der Waals surface area contributed by atoms with E-state index in [0.29, 0.717) is 16.6 Å². The van der Waals surface area contributed by atoms with Gasteiger partial charge in [0.2, 0.25) is 0 Å². The van der Waals surface area contributed by atoms with Crippen molar-refractivity contribution in [1.29, 1.82) is 0 Å². The average molecular weight is 204 g/mol. The van der Waals surface area contributed by atoms with Gasteiger partial charge in [0.25, 0.3) is 5.69 Å². The molecule has 3 N–H and O–H groups in total. The molecule has 0 aliphatic heterocycles. The summed E-state index contributed by atoms with van der Waals surface area (Å²) in [5.74, 6) is 5.69. The Morgan fingerprint density at radius 3 is 2.80 bits per heavy atom. The number of nitro benzene ring substituents is 1. The van der Waals surface area contributed by atoms with Gasteiger partial charge in [-0.05, 0) is 6.07 Å². The van der Waals surface area contributed by atoms with E-state index >= 15 is 0 Å². The molecule has 0 unspecified atom stereocenters. The monoisotopic (exact) mass is 204 g/mol. The zero-order chi connectivity index (χ0) is 10.8. The van der Waals surface area contributed by atoms with E-state index in [1.807, 2.05) is 0 Å². The highest BCUT2D eigenvalue weighted by Crippen LogP contribution is 2.28. The highest BCUT2D eigenvalue weighted by atomic mass is 16.6. The van der Waals surface area contributed by atoms with Crippen LogP contribution >= 0.6 is 0 Å². The molecule has 0 saturated carbocycles. The van der Waals surface area contributed by atoms with Crippen molar-refractivity contribution in [1.82, 2.24) is 4.98 Å². The molecule has 76 valence electrons. The lowest BCUT2D eigenvalue weighted by molar-refractivity contribution is -0.383. The second-order valence-electron chi connectivity index (χ2n) is 2.93. The molecule has 2 aromatic rings. The largest absolute Gasteiger partial charge is 0.308 e. The minimum absolute atomic E-state index is 0.0476. The van der Waals surface area contributed by atoms with Gasteiger partial charge in [-0.25, -0.2) is 10.8 Å². The van der Waals surface area contributed by atoms with Gasteiger partial charge in [-0.2, -0.15) is 0 Å². The second-order valence-corrected chi connectivity index (χ2v) is 2.93. The standard InChI is InChI=1S/C9H8N4O2/c10-12-9-7-2-1-3-8(13(14)15)6(7)4-5-11-9/h1-5H,10H2,(H,11,12). The lowest BCUT2D eigenvalue weighted by Crippen LogP contribution is -2.08. The SMILES string of the molecule is NNc1nccc2c([N+](=O)[O-])cccc12. The van der Waals surface area contributed by atoms with Crippen molar-refractivity contribution >= 4 is 22.3 Å². The summed E-state index contributed by atoms with van der Waals surface area (Å²) in [6.45, 7) is 0. The van der Waals surface area contributed by atoms with Gasteiger partial charge in [0, 0.05) is 17.6 Å². The topological polar surface area (TPSA) is 94.1 Å². The maximum Gasteiger partial charge on any atom is 0.277 e. The van der Waals surface area contributed by atoms with E-state index in [2.05, 4.69) is 10.4 Å². The smallest absolute Gasteiger partial charge is 0.277 e. The first-order valence-corrected chi connectivity index (χ1v) is 4.23.